The molecule has 2 N–H and O–H groups in total. The second-order valence-corrected chi connectivity index (χ2v) is 9.80. The third-order valence-electron chi connectivity index (χ3n) is 7.23. The predicted octanol–water partition coefficient (Wildman–Crippen LogP) is 7.70. The Bertz CT molecular complexity index is 1170. The van der Waals surface area contributed by atoms with E-state index in [1.54, 1.807) is 32.0 Å². The van der Waals surface area contributed by atoms with Crippen LogP contribution >= 0.6 is 0 Å². The summed E-state index contributed by atoms with van der Waals surface area (Å²) in [6, 6.07) is 10.1. The van der Waals surface area contributed by atoms with Gasteiger partial charge in [0.25, 0.3) is 5.60 Å². The number of aromatic hydroxyl groups is 1. The fraction of sp³-hybridized carbons (Fsp3) is 0.483. The smallest absolute Gasteiger partial charge is 0.430 e. The minimum atomic E-state index is -5.91. The van der Waals surface area contributed by atoms with Crippen molar-refractivity contribution in [2.75, 3.05) is 0 Å². The van der Waals surface area contributed by atoms with Gasteiger partial charge in [-0.05, 0) is 80.0 Å². The normalized spacial score (nSPS) is 16.7. The third kappa shape index (κ3) is 6.96. The molecule has 0 unspecified atom stereocenters. The second kappa shape index (κ2) is 12.0. The van der Waals surface area contributed by atoms with Gasteiger partial charge in [0, 0.05) is 11.8 Å². The van der Waals surface area contributed by atoms with Crippen molar-refractivity contribution in [3.63, 3.8) is 0 Å². The van der Waals surface area contributed by atoms with Crippen LogP contribution in [0.15, 0.2) is 42.5 Å². The third-order valence-corrected chi connectivity index (χ3v) is 7.23. The fourth-order valence-corrected chi connectivity index (χ4v) is 4.57. The van der Waals surface area contributed by atoms with E-state index in [0.717, 1.165) is 17.5 Å². The summed E-state index contributed by atoms with van der Waals surface area (Å²) in [7, 11) is 0. The summed E-state index contributed by atoms with van der Waals surface area (Å²) < 4.78 is 82.3. The number of phenolic OH excluding ortho intramolecular Hbond substituents is 1. The summed E-state index contributed by atoms with van der Waals surface area (Å²) in [6.45, 7) is 9.24. The number of rotatable bonds is 6. The van der Waals surface area contributed by atoms with Gasteiger partial charge in [0.1, 0.15) is 5.75 Å². The molecule has 1 fully saturated rings. The largest absolute Gasteiger partial charge is 0.508 e. The van der Waals surface area contributed by atoms with Crippen molar-refractivity contribution in [2.45, 2.75) is 89.8 Å². The molecular formula is C29H34F6O4. The van der Waals surface area contributed by atoms with Crippen molar-refractivity contribution < 1.29 is 46.1 Å². The SMILES string of the molecule is CCC(CC)(c1ccc(O)c(C)c1)c1ccc(/C=C/C(O)(C(F)(F)F)C(F)(F)F)c(C)c1.C[C@@H]1CCC(=O)O1. The highest BCUT2D eigenvalue weighted by molar-refractivity contribution is 5.71. The molecule has 0 saturated carbocycles. The van der Waals surface area contributed by atoms with E-state index in [9.17, 15) is 41.4 Å². The molecule has 10 heteroatoms. The number of benzene rings is 2. The first-order chi connectivity index (χ1) is 17.9. The number of alkyl halides is 6. The number of aryl methyl sites for hydroxylation is 2. The van der Waals surface area contributed by atoms with Crippen molar-refractivity contribution in [2.24, 2.45) is 0 Å². The number of ether oxygens (including phenoxy) is 1. The Morgan fingerprint density at radius 1 is 0.923 bits per heavy atom. The molecular weight excluding hydrogens is 526 g/mol. The zero-order chi connectivity index (χ0) is 29.8. The van der Waals surface area contributed by atoms with Gasteiger partial charge in [-0.1, -0.05) is 50.3 Å². The molecule has 39 heavy (non-hydrogen) atoms. The molecule has 0 aliphatic carbocycles. The number of halogens is 6. The zero-order valence-electron chi connectivity index (χ0n) is 22.5. The fourth-order valence-electron chi connectivity index (χ4n) is 4.57. The first-order valence-electron chi connectivity index (χ1n) is 12.6. The van der Waals surface area contributed by atoms with E-state index in [4.69, 9.17) is 4.74 Å². The van der Waals surface area contributed by atoms with Crippen LogP contribution in [0.25, 0.3) is 6.08 Å². The maximum Gasteiger partial charge on any atom is 0.430 e. The van der Waals surface area contributed by atoms with Gasteiger partial charge in [0.2, 0.25) is 0 Å². The topological polar surface area (TPSA) is 66.8 Å². The highest BCUT2D eigenvalue weighted by Gasteiger charge is 2.68. The summed E-state index contributed by atoms with van der Waals surface area (Å²) in [4.78, 5) is 10.2. The number of aliphatic hydroxyl groups is 1. The minimum Gasteiger partial charge on any atom is -0.508 e. The molecule has 3 rings (SSSR count). The number of hydrogen-bond donors (Lipinski definition) is 2. The summed E-state index contributed by atoms with van der Waals surface area (Å²) in [5, 5.41) is 19.2. The van der Waals surface area contributed by atoms with Gasteiger partial charge in [-0.3, -0.25) is 4.79 Å². The maximum absolute atomic E-state index is 12.9. The van der Waals surface area contributed by atoms with Crippen LogP contribution in [0.3, 0.4) is 0 Å². The van der Waals surface area contributed by atoms with Crippen molar-refractivity contribution in [3.05, 3.63) is 70.3 Å². The average Bonchev–Trinajstić information content (AvgIpc) is 3.22. The van der Waals surface area contributed by atoms with Gasteiger partial charge in [0.05, 0.1) is 6.10 Å². The van der Waals surface area contributed by atoms with E-state index in [-0.39, 0.29) is 29.5 Å². The van der Waals surface area contributed by atoms with Crippen LogP contribution in [-0.4, -0.2) is 40.2 Å². The molecule has 0 bridgehead atoms. The van der Waals surface area contributed by atoms with Crippen LogP contribution < -0.4 is 0 Å². The predicted molar refractivity (Wildman–Crippen MR) is 136 cm³/mol. The molecule has 0 spiro atoms. The molecule has 2 aromatic rings. The van der Waals surface area contributed by atoms with Crippen LogP contribution in [0.1, 0.15) is 74.3 Å². The Morgan fingerprint density at radius 2 is 1.44 bits per heavy atom. The molecule has 0 aromatic heterocycles. The molecule has 0 amide bonds. The first-order valence-corrected chi connectivity index (χ1v) is 12.6. The van der Waals surface area contributed by atoms with Gasteiger partial charge in [0.15, 0.2) is 0 Å². The average molecular weight is 561 g/mol. The Hall–Kier alpha value is -3.01. The lowest BCUT2D eigenvalue weighted by Crippen LogP contribution is -2.55. The number of cyclic esters (lactones) is 1. The van der Waals surface area contributed by atoms with Crippen LogP contribution in [0.4, 0.5) is 26.3 Å². The van der Waals surface area contributed by atoms with E-state index >= 15 is 0 Å². The van der Waals surface area contributed by atoms with Crippen LogP contribution in [0.5, 0.6) is 5.75 Å². The van der Waals surface area contributed by atoms with E-state index < -0.39 is 23.4 Å². The van der Waals surface area contributed by atoms with Crippen LogP contribution in [0.2, 0.25) is 0 Å². The number of hydrogen-bond acceptors (Lipinski definition) is 4. The van der Waals surface area contributed by atoms with Gasteiger partial charge in [-0.2, -0.15) is 26.3 Å². The van der Waals surface area contributed by atoms with E-state index in [2.05, 4.69) is 0 Å². The molecule has 2 aromatic carbocycles. The molecule has 216 valence electrons. The van der Waals surface area contributed by atoms with E-state index in [0.29, 0.717) is 36.5 Å². The molecule has 0 radical (unpaired) electrons. The molecule has 1 aliphatic heterocycles. The lowest BCUT2D eigenvalue weighted by molar-refractivity contribution is -0.347. The molecule has 4 nitrogen and oxygen atoms in total. The Kier molecular flexibility index (Phi) is 9.93. The standard InChI is InChI=1S/C24H26F6O2.C5H8O2/c1-5-21(6-2,19-9-10-20(31)16(4)14-19)18-8-7-17(15(3)13-18)11-12-22(32,23(25,26)27)24(28,29)30;1-4-2-3-5(6)7-4/h7-14,31-32H,5-6H2,1-4H3;4H,2-3H2,1H3/b12-11+;/t;4-/m.1/s1. The number of carbonyl (C=O) groups excluding carboxylic acids is 1. The highest BCUT2D eigenvalue weighted by Crippen LogP contribution is 2.45. The number of carbonyl (C=O) groups is 1. The summed E-state index contributed by atoms with van der Waals surface area (Å²) >= 11 is 0. The lowest BCUT2D eigenvalue weighted by atomic mass is 9.70. The monoisotopic (exact) mass is 560 g/mol. The van der Waals surface area contributed by atoms with Gasteiger partial charge in [-0.25, -0.2) is 0 Å². The van der Waals surface area contributed by atoms with Gasteiger partial charge in [-0.15, -0.1) is 0 Å². The van der Waals surface area contributed by atoms with E-state index in [1.165, 1.54) is 6.07 Å². The Balaban J connectivity index is 0.000000658. The summed E-state index contributed by atoms with van der Waals surface area (Å²) in [6.07, 6.45) is -8.38. The number of phenols is 1. The van der Waals surface area contributed by atoms with Gasteiger partial charge < -0.3 is 14.9 Å². The first kappa shape index (κ1) is 32.2. The summed E-state index contributed by atoms with van der Waals surface area (Å²) in [5.41, 5.74) is -2.30. The van der Waals surface area contributed by atoms with Crippen LogP contribution in [0, 0.1) is 13.8 Å². The molecule has 1 heterocycles. The van der Waals surface area contributed by atoms with E-state index in [1.807, 2.05) is 32.9 Å². The van der Waals surface area contributed by atoms with Crippen molar-refractivity contribution >= 4 is 12.0 Å². The molecule has 1 saturated heterocycles. The minimum absolute atomic E-state index is 0.0486. The van der Waals surface area contributed by atoms with Crippen molar-refractivity contribution in [1.29, 1.82) is 0 Å². The lowest BCUT2D eigenvalue weighted by Gasteiger charge is -2.34. The van der Waals surface area contributed by atoms with Crippen molar-refractivity contribution in [1.82, 2.24) is 0 Å². The molecule has 1 atom stereocenters. The zero-order valence-corrected chi connectivity index (χ0v) is 22.5. The highest BCUT2D eigenvalue weighted by atomic mass is 19.4. The second-order valence-electron chi connectivity index (χ2n) is 9.80. The Morgan fingerprint density at radius 3 is 1.79 bits per heavy atom. The molecule has 1 aliphatic rings. The van der Waals surface area contributed by atoms with Gasteiger partial charge >= 0.3 is 18.3 Å². The number of esters is 1. The Labute approximate surface area is 224 Å². The van der Waals surface area contributed by atoms with Crippen LogP contribution in [-0.2, 0) is 14.9 Å². The summed E-state index contributed by atoms with van der Waals surface area (Å²) in [5.74, 6) is 0.112. The quantitative estimate of drug-likeness (QED) is 0.281. The maximum atomic E-state index is 12.9. The van der Waals surface area contributed by atoms with Crippen molar-refractivity contribution in [3.8, 4) is 5.75 Å².